The van der Waals surface area contributed by atoms with Crippen molar-refractivity contribution in [2.24, 2.45) is 5.73 Å². The van der Waals surface area contributed by atoms with Gasteiger partial charge in [0, 0.05) is 19.6 Å². The summed E-state index contributed by atoms with van der Waals surface area (Å²) in [4.78, 5) is 0.474. The molecule has 0 atom stereocenters. The van der Waals surface area contributed by atoms with Gasteiger partial charge in [0.1, 0.15) is 0 Å². The molecule has 5 nitrogen and oxygen atoms in total. The molecule has 0 aliphatic rings. The van der Waals surface area contributed by atoms with Gasteiger partial charge in [-0.1, -0.05) is 12.2 Å². The van der Waals surface area contributed by atoms with Crippen LogP contribution in [0.25, 0.3) is 0 Å². The van der Waals surface area contributed by atoms with Gasteiger partial charge in [-0.05, 0) is 33.1 Å². The van der Waals surface area contributed by atoms with E-state index in [9.17, 15) is 8.42 Å². The maximum atomic E-state index is 11.6. The number of nitrogens with two attached hydrogens (primary N) is 1. The smallest absolute Gasteiger partial charge is 0.279 e. The van der Waals surface area contributed by atoms with Crippen LogP contribution in [-0.4, -0.2) is 37.3 Å². The molecule has 0 aromatic carbocycles. The second-order valence-corrected chi connectivity index (χ2v) is 6.27. The summed E-state index contributed by atoms with van der Waals surface area (Å²) in [5.74, 6) is 0. The van der Waals surface area contributed by atoms with Crippen molar-refractivity contribution in [3.63, 3.8) is 0 Å². The number of hydrogen-bond acceptors (Lipinski definition) is 3. The van der Waals surface area contributed by atoms with E-state index >= 15 is 0 Å². The number of thiocarbonyl (C=S) groups is 1. The lowest BCUT2D eigenvalue weighted by atomic mass is 10.2. The van der Waals surface area contributed by atoms with E-state index < -0.39 is 10.2 Å². The maximum absolute atomic E-state index is 11.6. The van der Waals surface area contributed by atoms with Crippen LogP contribution in [0.5, 0.6) is 0 Å². The van der Waals surface area contributed by atoms with E-state index in [2.05, 4.69) is 4.72 Å². The first-order chi connectivity index (χ1) is 7.27. The number of rotatable bonds is 8. The van der Waals surface area contributed by atoms with Crippen molar-refractivity contribution in [3.05, 3.63) is 0 Å². The summed E-state index contributed by atoms with van der Waals surface area (Å²) < 4.78 is 27.1. The van der Waals surface area contributed by atoms with Crippen molar-refractivity contribution in [1.82, 2.24) is 9.03 Å². The Balaban J connectivity index is 3.88. The van der Waals surface area contributed by atoms with Crippen molar-refractivity contribution in [3.8, 4) is 0 Å². The molecule has 0 amide bonds. The molecular formula is C9H21N3O2S2. The van der Waals surface area contributed by atoms with Gasteiger partial charge in [-0.2, -0.15) is 12.7 Å². The minimum absolute atomic E-state index is 0.0471. The average molecular weight is 267 g/mol. The monoisotopic (exact) mass is 267 g/mol. The van der Waals surface area contributed by atoms with Crippen LogP contribution in [0.1, 0.15) is 33.1 Å². The van der Waals surface area contributed by atoms with Crippen LogP contribution in [0, 0.1) is 0 Å². The van der Waals surface area contributed by atoms with Crippen LogP contribution in [-0.2, 0) is 10.2 Å². The topological polar surface area (TPSA) is 75.4 Å². The molecule has 96 valence electrons. The average Bonchev–Trinajstić information content (AvgIpc) is 2.15. The van der Waals surface area contributed by atoms with Crippen LogP contribution < -0.4 is 10.5 Å². The summed E-state index contributed by atoms with van der Waals surface area (Å²) in [6, 6.07) is -0.0471. The molecule has 0 aliphatic heterocycles. The van der Waals surface area contributed by atoms with Crippen LogP contribution in [0.2, 0.25) is 0 Å². The summed E-state index contributed by atoms with van der Waals surface area (Å²) >= 11 is 4.73. The Morgan fingerprint density at radius 1 is 1.44 bits per heavy atom. The number of unbranched alkanes of at least 4 members (excludes halogenated alkanes) is 1. The van der Waals surface area contributed by atoms with Crippen molar-refractivity contribution in [2.45, 2.75) is 39.2 Å². The van der Waals surface area contributed by atoms with Gasteiger partial charge in [0.05, 0.1) is 4.99 Å². The largest absolute Gasteiger partial charge is 0.393 e. The Labute approximate surface area is 104 Å². The van der Waals surface area contributed by atoms with Gasteiger partial charge in [0.25, 0.3) is 10.2 Å². The van der Waals surface area contributed by atoms with E-state index in [1.165, 1.54) is 4.31 Å². The molecule has 0 rings (SSSR count). The first-order valence-electron chi connectivity index (χ1n) is 5.28. The zero-order chi connectivity index (χ0) is 12.8. The third-order valence-electron chi connectivity index (χ3n) is 2.24. The summed E-state index contributed by atoms with van der Waals surface area (Å²) in [6.07, 6.45) is 2.21. The Hall–Kier alpha value is -0.240. The quantitative estimate of drug-likeness (QED) is 0.499. The number of nitrogens with zero attached hydrogens (tertiary/aromatic N) is 1. The Kier molecular flexibility index (Phi) is 7.05. The second kappa shape index (κ2) is 7.16. The highest BCUT2D eigenvalue weighted by atomic mass is 32.2. The minimum Gasteiger partial charge on any atom is -0.393 e. The van der Waals surface area contributed by atoms with Gasteiger partial charge in [-0.25, -0.2) is 4.72 Å². The molecule has 0 heterocycles. The highest BCUT2D eigenvalue weighted by molar-refractivity contribution is 7.87. The molecule has 0 aromatic rings. The molecule has 0 aliphatic carbocycles. The summed E-state index contributed by atoms with van der Waals surface area (Å²) in [5.41, 5.74) is 5.33. The van der Waals surface area contributed by atoms with Gasteiger partial charge in [0.15, 0.2) is 0 Å². The van der Waals surface area contributed by atoms with Gasteiger partial charge in [0.2, 0.25) is 0 Å². The molecule has 0 aromatic heterocycles. The lowest BCUT2D eigenvalue weighted by Crippen LogP contribution is -2.42. The molecule has 0 spiro atoms. The van der Waals surface area contributed by atoms with Crippen LogP contribution in [0.15, 0.2) is 0 Å². The Bertz CT molecular complexity index is 315. The zero-order valence-corrected chi connectivity index (χ0v) is 11.7. The lowest BCUT2D eigenvalue weighted by molar-refractivity contribution is 0.402. The van der Waals surface area contributed by atoms with Crippen molar-refractivity contribution in [2.75, 3.05) is 13.6 Å². The van der Waals surface area contributed by atoms with Crippen LogP contribution >= 0.6 is 12.2 Å². The molecule has 16 heavy (non-hydrogen) atoms. The fourth-order valence-electron chi connectivity index (χ4n) is 1.00. The number of hydrogen-bond donors (Lipinski definition) is 2. The minimum atomic E-state index is -3.34. The van der Waals surface area contributed by atoms with Gasteiger partial charge < -0.3 is 5.73 Å². The molecule has 0 unspecified atom stereocenters. The maximum Gasteiger partial charge on any atom is 0.279 e. The van der Waals surface area contributed by atoms with E-state index in [1.807, 2.05) is 13.8 Å². The predicted molar refractivity (Wildman–Crippen MR) is 70.5 cm³/mol. The first-order valence-corrected chi connectivity index (χ1v) is 7.13. The molecule has 7 heteroatoms. The van der Waals surface area contributed by atoms with E-state index in [0.29, 0.717) is 18.0 Å². The number of nitrogens with one attached hydrogen (secondary N) is 1. The standard InChI is InChI=1S/C9H21N3O2S2/c1-8(2)12(3)16(13,14)11-7-5-4-6-9(10)15/h8,11H,4-7H2,1-3H3,(H2,10,15). The highest BCUT2D eigenvalue weighted by Crippen LogP contribution is 2.01. The molecule has 3 N–H and O–H groups in total. The van der Waals surface area contributed by atoms with Crippen molar-refractivity contribution >= 4 is 27.4 Å². The van der Waals surface area contributed by atoms with Crippen LogP contribution in [0.3, 0.4) is 0 Å². The summed E-state index contributed by atoms with van der Waals surface area (Å²) in [7, 11) is -1.78. The Morgan fingerprint density at radius 2 is 2.00 bits per heavy atom. The summed E-state index contributed by atoms with van der Waals surface area (Å²) in [5, 5.41) is 0. The first kappa shape index (κ1) is 15.8. The van der Waals surface area contributed by atoms with E-state index in [4.69, 9.17) is 18.0 Å². The van der Waals surface area contributed by atoms with Gasteiger partial charge >= 0.3 is 0 Å². The second-order valence-electron chi connectivity index (χ2n) is 3.93. The molecule has 0 fully saturated rings. The fraction of sp³-hybridized carbons (Fsp3) is 0.889. The van der Waals surface area contributed by atoms with Gasteiger partial charge in [-0.15, -0.1) is 0 Å². The molecule has 0 bridgehead atoms. The zero-order valence-electron chi connectivity index (χ0n) is 10.1. The van der Waals surface area contributed by atoms with Crippen molar-refractivity contribution in [1.29, 1.82) is 0 Å². The van der Waals surface area contributed by atoms with E-state index in [-0.39, 0.29) is 6.04 Å². The fourth-order valence-corrected chi connectivity index (χ4v) is 2.31. The highest BCUT2D eigenvalue weighted by Gasteiger charge is 2.18. The normalized spacial score (nSPS) is 12.3. The molecule has 0 saturated carbocycles. The van der Waals surface area contributed by atoms with E-state index in [0.717, 1.165) is 12.8 Å². The predicted octanol–water partition coefficient (Wildman–Crippen LogP) is 0.617. The van der Waals surface area contributed by atoms with Crippen LogP contribution in [0.4, 0.5) is 0 Å². The third-order valence-corrected chi connectivity index (χ3v) is 4.19. The molecule has 0 saturated heterocycles. The lowest BCUT2D eigenvalue weighted by Gasteiger charge is -2.21. The van der Waals surface area contributed by atoms with Gasteiger partial charge in [-0.3, -0.25) is 0 Å². The molecular weight excluding hydrogens is 246 g/mol. The Morgan fingerprint density at radius 3 is 2.44 bits per heavy atom. The third kappa shape index (κ3) is 6.37. The van der Waals surface area contributed by atoms with E-state index in [1.54, 1.807) is 7.05 Å². The SMILES string of the molecule is CC(C)N(C)S(=O)(=O)NCCCCC(N)=S. The molecule has 0 radical (unpaired) electrons. The summed E-state index contributed by atoms with van der Waals surface area (Å²) in [6.45, 7) is 4.07. The van der Waals surface area contributed by atoms with Crippen molar-refractivity contribution < 1.29 is 8.42 Å².